The number of aliphatic hydroxyl groups excluding tert-OH is 1. The molecule has 13 nitrogen and oxygen atoms in total. The molecule has 2 fully saturated rings. The van der Waals surface area contributed by atoms with Crippen molar-refractivity contribution in [3.63, 3.8) is 0 Å². The van der Waals surface area contributed by atoms with Crippen molar-refractivity contribution in [2.24, 2.45) is 11.8 Å². The predicted molar refractivity (Wildman–Crippen MR) is 179 cm³/mol. The molecule has 4 aliphatic heterocycles. The second-order valence-electron chi connectivity index (χ2n) is 12.7. The number of esters is 1. The zero-order valence-electron chi connectivity index (χ0n) is 26.7. The summed E-state index contributed by atoms with van der Waals surface area (Å²) in [6, 6.07) is 14.8. The molecule has 7 rings (SSSR count). The van der Waals surface area contributed by atoms with Crippen LogP contribution in [0.3, 0.4) is 0 Å². The molecule has 3 amide bonds. The van der Waals surface area contributed by atoms with Crippen LogP contribution >= 0.6 is 15.9 Å². The number of fused-ring (bicyclic) bond motifs is 3. The van der Waals surface area contributed by atoms with E-state index in [1.807, 2.05) is 66.7 Å². The molecule has 4 aliphatic rings. The summed E-state index contributed by atoms with van der Waals surface area (Å²) in [6.45, 7) is 0.211. The van der Waals surface area contributed by atoms with Crippen LogP contribution in [-0.4, -0.2) is 97.6 Å². The molecule has 14 heteroatoms. The summed E-state index contributed by atoms with van der Waals surface area (Å²) in [4.78, 5) is 59.6. The first-order valence-corrected chi connectivity index (χ1v) is 17.3. The molecule has 1 spiro atoms. The molecule has 1 aromatic heterocycles. The van der Waals surface area contributed by atoms with Gasteiger partial charge in [0.2, 0.25) is 11.8 Å². The van der Waals surface area contributed by atoms with Crippen LogP contribution in [0.4, 0.5) is 0 Å². The molecule has 2 aromatic carbocycles. The third kappa shape index (κ3) is 6.06. The van der Waals surface area contributed by atoms with Gasteiger partial charge in [-0.3, -0.25) is 19.2 Å². The molecule has 0 radical (unpaired) electrons. The van der Waals surface area contributed by atoms with Crippen molar-refractivity contribution < 1.29 is 33.8 Å². The number of aromatic nitrogens is 3. The van der Waals surface area contributed by atoms with E-state index in [1.165, 1.54) is 4.90 Å². The van der Waals surface area contributed by atoms with Crippen LogP contribution in [0, 0.1) is 11.8 Å². The van der Waals surface area contributed by atoms with Gasteiger partial charge in [-0.2, -0.15) is 0 Å². The summed E-state index contributed by atoms with van der Waals surface area (Å²) in [5.41, 5.74) is 0.715. The highest BCUT2D eigenvalue weighted by Gasteiger charge is 2.74. The quantitative estimate of drug-likeness (QED) is 0.212. The number of aliphatic hydroxyl groups is 1. The van der Waals surface area contributed by atoms with Gasteiger partial charge in [-0.15, -0.1) is 5.10 Å². The van der Waals surface area contributed by atoms with Gasteiger partial charge in [0.25, 0.3) is 5.91 Å². The summed E-state index contributed by atoms with van der Waals surface area (Å²) in [5.74, 6) is -3.56. The number of allylic oxidation sites excluding steroid dienone is 1. The summed E-state index contributed by atoms with van der Waals surface area (Å²) in [6.07, 6.45) is 5.99. The van der Waals surface area contributed by atoms with Crippen LogP contribution in [-0.2, 0) is 35.3 Å². The fourth-order valence-electron chi connectivity index (χ4n) is 7.45. The van der Waals surface area contributed by atoms with E-state index in [-0.39, 0.29) is 51.2 Å². The average Bonchev–Trinajstić information content (AvgIpc) is 3.83. The van der Waals surface area contributed by atoms with Gasteiger partial charge < -0.3 is 29.7 Å². The number of benzene rings is 2. The first kappa shape index (κ1) is 33.1. The Morgan fingerprint density at radius 2 is 1.80 bits per heavy atom. The SMILES string of the molecule is O=C1CC/C=C\CN(Cn2nnc3ccccc32)C(=O)[C@@H]2N(CCCCO)C(=O)[C@H]3[C@H](C(=O)N[C@H](c4ccccc4)CO1)[C@H]1O[C@@]23C=C1Br. The van der Waals surface area contributed by atoms with E-state index < -0.39 is 47.5 Å². The van der Waals surface area contributed by atoms with E-state index >= 15 is 0 Å². The summed E-state index contributed by atoms with van der Waals surface area (Å²) in [7, 11) is 0. The van der Waals surface area contributed by atoms with Crippen molar-refractivity contribution in [1.82, 2.24) is 30.1 Å². The Morgan fingerprint density at radius 3 is 2.61 bits per heavy atom. The molecule has 0 aliphatic carbocycles. The fourth-order valence-corrected chi connectivity index (χ4v) is 8.18. The minimum atomic E-state index is -1.42. The highest BCUT2D eigenvalue weighted by Crippen LogP contribution is 2.58. The smallest absolute Gasteiger partial charge is 0.306 e. The first-order chi connectivity index (χ1) is 23.8. The van der Waals surface area contributed by atoms with Crippen LogP contribution in [0.5, 0.6) is 0 Å². The highest BCUT2D eigenvalue weighted by molar-refractivity contribution is 9.11. The van der Waals surface area contributed by atoms with Gasteiger partial charge in [0, 0.05) is 30.6 Å². The van der Waals surface area contributed by atoms with Crippen molar-refractivity contribution in [2.45, 2.75) is 56.1 Å². The maximum absolute atomic E-state index is 14.9. The number of rotatable bonds is 7. The molecule has 3 aromatic rings. The lowest BCUT2D eigenvalue weighted by Crippen LogP contribution is -2.56. The third-order valence-electron chi connectivity index (χ3n) is 9.74. The van der Waals surface area contributed by atoms with Crippen molar-refractivity contribution in [1.29, 1.82) is 0 Å². The third-order valence-corrected chi connectivity index (χ3v) is 10.4. The normalized spacial score (nSPS) is 29.6. The molecule has 256 valence electrons. The molecule has 0 saturated carbocycles. The minimum Gasteiger partial charge on any atom is -0.463 e. The van der Waals surface area contributed by atoms with Gasteiger partial charge >= 0.3 is 5.97 Å². The molecular weight excluding hydrogens is 696 g/mol. The number of carbonyl (C=O) groups is 4. The van der Waals surface area contributed by atoms with Crippen molar-refractivity contribution >= 4 is 50.7 Å². The van der Waals surface area contributed by atoms with E-state index in [0.717, 1.165) is 11.1 Å². The fraction of sp³-hybridized carbons (Fsp3) is 0.429. The zero-order chi connectivity index (χ0) is 34.1. The lowest BCUT2D eigenvalue weighted by Gasteiger charge is -2.35. The number of nitrogens with zero attached hydrogens (tertiary/aromatic N) is 5. The monoisotopic (exact) mass is 732 g/mol. The number of likely N-dealkylation sites (tertiary alicyclic amines) is 1. The van der Waals surface area contributed by atoms with Crippen molar-refractivity contribution in [3.05, 3.63) is 82.9 Å². The van der Waals surface area contributed by atoms with Crippen LogP contribution in [0.2, 0.25) is 0 Å². The number of para-hydroxylation sites is 1. The Bertz CT molecular complexity index is 1810. The number of nitrogens with one attached hydrogen (secondary N) is 1. The Hall–Kier alpha value is -4.40. The molecule has 6 atom stereocenters. The van der Waals surface area contributed by atoms with E-state index in [1.54, 1.807) is 15.7 Å². The highest BCUT2D eigenvalue weighted by atomic mass is 79.9. The number of hydrogen-bond donors (Lipinski definition) is 2. The maximum Gasteiger partial charge on any atom is 0.306 e. The van der Waals surface area contributed by atoms with Gasteiger partial charge in [-0.1, -0.05) is 75.8 Å². The molecule has 2 saturated heterocycles. The lowest BCUT2D eigenvalue weighted by molar-refractivity contribution is -0.149. The van der Waals surface area contributed by atoms with Crippen LogP contribution in [0.1, 0.15) is 37.3 Å². The van der Waals surface area contributed by atoms with E-state index in [4.69, 9.17) is 9.47 Å². The minimum absolute atomic E-state index is 0.0264. The van der Waals surface area contributed by atoms with Gasteiger partial charge in [0.1, 0.15) is 36.5 Å². The average molecular weight is 734 g/mol. The van der Waals surface area contributed by atoms with Crippen LogP contribution in [0.25, 0.3) is 11.0 Å². The number of amides is 3. The van der Waals surface area contributed by atoms with Crippen LogP contribution < -0.4 is 5.32 Å². The number of halogens is 1. The number of hydrogen-bond acceptors (Lipinski definition) is 9. The van der Waals surface area contributed by atoms with Crippen molar-refractivity contribution in [3.8, 4) is 0 Å². The summed E-state index contributed by atoms with van der Waals surface area (Å²) < 4.78 is 14.5. The Morgan fingerprint density at radius 1 is 1.00 bits per heavy atom. The second-order valence-corrected chi connectivity index (χ2v) is 13.6. The predicted octanol–water partition coefficient (Wildman–Crippen LogP) is 2.61. The van der Waals surface area contributed by atoms with E-state index in [2.05, 4.69) is 31.6 Å². The van der Waals surface area contributed by atoms with Gasteiger partial charge in [0.05, 0.1) is 23.4 Å². The molecule has 5 bridgehead atoms. The van der Waals surface area contributed by atoms with E-state index in [0.29, 0.717) is 29.3 Å². The second kappa shape index (κ2) is 13.8. The Labute approximate surface area is 291 Å². The van der Waals surface area contributed by atoms with Crippen molar-refractivity contribution in [2.75, 3.05) is 26.3 Å². The summed E-state index contributed by atoms with van der Waals surface area (Å²) >= 11 is 3.61. The standard InChI is InChI=1S/C35H37BrN6O7/c36-23-19-35-29-28(30(23)49-35)32(45)37-25(22-11-3-1-4-12-22)20-48-27(44)15-5-2-8-16-40(21-42-26-14-7-6-13-24(26)38-39-42)34(47)31(35)41(33(29)46)17-9-10-18-43/h1-4,6-8,11-14,19,25,28-31,43H,5,9-10,15-18,20-21H2,(H,37,45)/b8-2-/t25-,28-,29+,30-,31-,35+/m0/s1. The molecule has 0 unspecified atom stereocenters. The van der Waals surface area contributed by atoms with E-state index in [9.17, 15) is 24.3 Å². The molecule has 5 heterocycles. The number of unbranched alkanes of at least 4 members (excludes halogenated alkanes) is 1. The number of cyclic esters (lactones) is 1. The van der Waals surface area contributed by atoms with Gasteiger partial charge in [-0.05, 0) is 43.0 Å². The molecular formula is C35H37BrN6O7. The number of ether oxygens (including phenoxy) is 2. The lowest BCUT2D eigenvalue weighted by atomic mass is 9.74. The Kier molecular flexibility index (Phi) is 9.36. The number of carbonyl (C=O) groups excluding carboxylic acids is 4. The largest absolute Gasteiger partial charge is 0.463 e. The maximum atomic E-state index is 14.9. The first-order valence-electron chi connectivity index (χ1n) is 16.5. The van der Waals surface area contributed by atoms with Gasteiger partial charge in [0.15, 0.2) is 0 Å². The van der Waals surface area contributed by atoms with Gasteiger partial charge in [-0.25, -0.2) is 4.68 Å². The zero-order valence-corrected chi connectivity index (χ0v) is 28.3. The molecule has 2 N–H and O–H groups in total. The molecule has 49 heavy (non-hydrogen) atoms. The Balaban J connectivity index is 1.30. The van der Waals surface area contributed by atoms with Crippen LogP contribution in [0.15, 0.2) is 77.3 Å². The topological polar surface area (TPSA) is 156 Å². The summed E-state index contributed by atoms with van der Waals surface area (Å²) in [5, 5.41) is 21.1.